The molecule has 0 saturated carbocycles. The molecule has 10 heteroatoms. The SMILES string of the molecule is CC(C)(C)C(=O)N1CCC(NC(=O)c2ccc(Cl)c(NS(=O)(=O)c3ccc(F)cc3)c2)CC1. The molecule has 0 radical (unpaired) electrons. The van der Waals surface area contributed by atoms with Crippen LogP contribution in [0.15, 0.2) is 47.4 Å². The second-order valence-electron chi connectivity index (χ2n) is 9.04. The van der Waals surface area contributed by atoms with Crippen molar-refractivity contribution in [3.8, 4) is 0 Å². The van der Waals surface area contributed by atoms with Crippen molar-refractivity contribution in [3.63, 3.8) is 0 Å². The van der Waals surface area contributed by atoms with E-state index in [-0.39, 0.29) is 39.0 Å². The van der Waals surface area contributed by atoms with Gasteiger partial charge in [-0.3, -0.25) is 14.3 Å². The molecule has 1 fully saturated rings. The summed E-state index contributed by atoms with van der Waals surface area (Å²) in [5, 5.41) is 3.06. The highest BCUT2D eigenvalue weighted by molar-refractivity contribution is 7.92. The third-order valence-corrected chi connectivity index (χ3v) is 7.07. The van der Waals surface area contributed by atoms with Gasteiger partial charge in [-0.25, -0.2) is 12.8 Å². The van der Waals surface area contributed by atoms with Gasteiger partial charge in [0.25, 0.3) is 15.9 Å². The number of piperidine rings is 1. The second-order valence-corrected chi connectivity index (χ2v) is 11.1. The summed E-state index contributed by atoms with van der Waals surface area (Å²) in [6.07, 6.45) is 1.26. The molecule has 0 atom stereocenters. The maximum Gasteiger partial charge on any atom is 0.261 e. The molecule has 0 unspecified atom stereocenters. The number of hydrogen-bond donors (Lipinski definition) is 2. The van der Waals surface area contributed by atoms with Gasteiger partial charge in [-0.1, -0.05) is 32.4 Å². The molecule has 33 heavy (non-hydrogen) atoms. The zero-order valence-corrected chi connectivity index (χ0v) is 20.3. The van der Waals surface area contributed by atoms with E-state index in [1.807, 2.05) is 25.7 Å². The molecule has 2 aromatic rings. The lowest BCUT2D eigenvalue weighted by molar-refractivity contribution is -0.140. The van der Waals surface area contributed by atoms with Crippen LogP contribution in [-0.2, 0) is 14.8 Å². The van der Waals surface area contributed by atoms with Crippen LogP contribution < -0.4 is 10.0 Å². The zero-order chi connectivity index (χ0) is 24.4. The van der Waals surface area contributed by atoms with Gasteiger partial charge in [0.1, 0.15) is 5.82 Å². The Kier molecular flexibility index (Phi) is 7.33. The number of amides is 2. The van der Waals surface area contributed by atoms with Crippen LogP contribution in [0.5, 0.6) is 0 Å². The van der Waals surface area contributed by atoms with Gasteiger partial charge in [0, 0.05) is 30.1 Å². The third kappa shape index (κ3) is 6.23. The number of carbonyl (C=O) groups is 2. The number of halogens is 2. The summed E-state index contributed by atoms with van der Waals surface area (Å²) in [6, 6.07) is 8.56. The molecule has 0 aliphatic carbocycles. The Morgan fingerprint density at radius 2 is 1.67 bits per heavy atom. The summed E-state index contributed by atoms with van der Waals surface area (Å²) in [5.74, 6) is -0.836. The van der Waals surface area contributed by atoms with Crippen LogP contribution in [0.1, 0.15) is 44.0 Å². The minimum atomic E-state index is -4.02. The largest absolute Gasteiger partial charge is 0.349 e. The quantitative estimate of drug-likeness (QED) is 0.654. The number of rotatable bonds is 5. The Bertz CT molecular complexity index is 1140. The van der Waals surface area contributed by atoms with Crippen molar-refractivity contribution in [2.45, 2.75) is 44.6 Å². The molecule has 178 valence electrons. The number of nitrogens with zero attached hydrogens (tertiary/aromatic N) is 1. The summed E-state index contributed by atoms with van der Waals surface area (Å²) in [5.41, 5.74) is -0.166. The molecule has 0 aromatic heterocycles. The number of nitrogens with one attached hydrogen (secondary N) is 2. The monoisotopic (exact) mass is 495 g/mol. The number of anilines is 1. The van der Waals surface area contributed by atoms with Gasteiger partial charge in [0.15, 0.2) is 0 Å². The fourth-order valence-corrected chi connectivity index (χ4v) is 4.82. The Balaban J connectivity index is 1.66. The number of sulfonamides is 1. The fourth-order valence-electron chi connectivity index (χ4n) is 3.53. The minimum absolute atomic E-state index is 0.0410. The van der Waals surface area contributed by atoms with E-state index < -0.39 is 21.3 Å². The number of carbonyl (C=O) groups excluding carboxylic acids is 2. The lowest BCUT2D eigenvalue weighted by atomic mass is 9.93. The lowest BCUT2D eigenvalue weighted by Crippen LogP contribution is -2.49. The first-order valence-electron chi connectivity index (χ1n) is 10.5. The topological polar surface area (TPSA) is 95.6 Å². The van der Waals surface area contributed by atoms with Gasteiger partial charge in [-0.2, -0.15) is 0 Å². The van der Waals surface area contributed by atoms with Crippen molar-refractivity contribution in [1.82, 2.24) is 10.2 Å². The molecule has 0 bridgehead atoms. The van der Waals surface area contributed by atoms with E-state index in [0.29, 0.717) is 25.9 Å². The standard InChI is InChI=1S/C23H27ClFN3O4S/c1-23(2,3)22(30)28-12-10-17(11-13-28)26-21(29)15-4-9-19(24)20(14-15)27-33(31,32)18-7-5-16(25)6-8-18/h4-9,14,17,27H,10-13H2,1-3H3,(H,26,29). The van der Waals surface area contributed by atoms with Gasteiger partial charge >= 0.3 is 0 Å². The van der Waals surface area contributed by atoms with Crippen LogP contribution >= 0.6 is 11.6 Å². The lowest BCUT2D eigenvalue weighted by Gasteiger charge is -2.36. The van der Waals surface area contributed by atoms with Gasteiger partial charge in [-0.05, 0) is 55.3 Å². The van der Waals surface area contributed by atoms with Crippen molar-refractivity contribution < 1.29 is 22.4 Å². The number of hydrogen-bond acceptors (Lipinski definition) is 4. The van der Waals surface area contributed by atoms with E-state index in [2.05, 4.69) is 10.0 Å². The average Bonchev–Trinajstić information content (AvgIpc) is 2.75. The highest BCUT2D eigenvalue weighted by atomic mass is 35.5. The molecular weight excluding hydrogens is 469 g/mol. The van der Waals surface area contributed by atoms with E-state index in [1.165, 1.54) is 18.2 Å². The number of likely N-dealkylation sites (tertiary alicyclic amines) is 1. The summed E-state index contributed by atoms with van der Waals surface area (Å²) in [6.45, 7) is 6.76. The van der Waals surface area contributed by atoms with Gasteiger partial charge in [-0.15, -0.1) is 0 Å². The molecule has 0 spiro atoms. The van der Waals surface area contributed by atoms with E-state index in [1.54, 1.807) is 0 Å². The van der Waals surface area contributed by atoms with Crippen molar-refractivity contribution in [2.24, 2.45) is 5.41 Å². The number of benzene rings is 2. The Morgan fingerprint density at radius 3 is 2.24 bits per heavy atom. The maximum atomic E-state index is 13.1. The van der Waals surface area contributed by atoms with Crippen molar-refractivity contribution >= 4 is 39.1 Å². The zero-order valence-electron chi connectivity index (χ0n) is 18.7. The summed E-state index contributed by atoms with van der Waals surface area (Å²) in [7, 11) is -4.02. The molecule has 2 amide bonds. The van der Waals surface area contributed by atoms with Crippen LogP contribution in [-0.4, -0.2) is 44.3 Å². The molecule has 3 rings (SSSR count). The third-order valence-electron chi connectivity index (χ3n) is 5.36. The first-order valence-corrected chi connectivity index (χ1v) is 12.4. The van der Waals surface area contributed by atoms with Gasteiger partial charge in [0.2, 0.25) is 5.91 Å². The first kappa shape index (κ1) is 25.0. The highest BCUT2D eigenvalue weighted by Gasteiger charge is 2.31. The van der Waals surface area contributed by atoms with Crippen LogP contribution in [0.3, 0.4) is 0 Å². The summed E-state index contributed by atoms with van der Waals surface area (Å²) < 4.78 is 40.6. The molecule has 1 heterocycles. The maximum absolute atomic E-state index is 13.1. The van der Waals surface area contributed by atoms with Crippen LogP contribution in [0, 0.1) is 11.2 Å². The summed E-state index contributed by atoms with van der Waals surface area (Å²) >= 11 is 6.14. The highest BCUT2D eigenvalue weighted by Crippen LogP contribution is 2.27. The van der Waals surface area contributed by atoms with E-state index in [0.717, 1.165) is 24.3 Å². The summed E-state index contributed by atoms with van der Waals surface area (Å²) in [4.78, 5) is 26.9. The van der Waals surface area contributed by atoms with E-state index >= 15 is 0 Å². The predicted octanol–water partition coefficient (Wildman–Crippen LogP) is 4.05. The Hall–Kier alpha value is -2.65. The van der Waals surface area contributed by atoms with E-state index in [4.69, 9.17) is 11.6 Å². The molecule has 1 aliphatic heterocycles. The van der Waals surface area contributed by atoms with Gasteiger partial charge in [0.05, 0.1) is 15.6 Å². The van der Waals surface area contributed by atoms with Crippen LogP contribution in [0.2, 0.25) is 5.02 Å². The predicted molar refractivity (Wildman–Crippen MR) is 125 cm³/mol. The molecule has 2 aromatic carbocycles. The Labute approximate surface area is 198 Å². The normalized spacial score (nSPS) is 15.2. The molecule has 7 nitrogen and oxygen atoms in total. The molecule has 1 aliphatic rings. The van der Waals surface area contributed by atoms with Crippen molar-refractivity contribution in [2.75, 3.05) is 17.8 Å². The smallest absolute Gasteiger partial charge is 0.261 e. The molecule has 1 saturated heterocycles. The van der Waals surface area contributed by atoms with E-state index in [9.17, 15) is 22.4 Å². The molecular formula is C23H27ClFN3O4S. The van der Waals surface area contributed by atoms with Gasteiger partial charge < -0.3 is 10.2 Å². The molecule has 2 N–H and O–H groups in total. The Morgan fingerprint density at radius 1 is 1.06 bits per heavy atom. The van der Waals surface area contributed by atoms with Crippen molar-refractivity contribution in [1.29, 1.82) is 0 Å². The van der Waals surface area contributed by atoms with Crippen LogP contribution in [0.4, 0.5) is 10.1 Å². The second kappa shape index (κ2) is 9.69. The fraction of sp³-hybridized carbons (Fsp3) is 0.391. The average molecular weight is 496 g/mol. The minimum Gasteiger partial charge on any atom is -0.349 e. The van der Waals surface area contributed by atoms with Crippen LogP contribution in [0.25, 0.3) is 0 Å². The van der Waals surface area contributed by atoms with Crippen molar-refractivity contribution in [3.05, 3.63) is 58.9 Å². The first-order chi connectivity index (χ1) is 15.4.